The monoisotopic (exact) mass is 381 g/mol. The van der Waals surface area contributed by atoms with E-state index in [1.165, 1.54) is 13.1 Å². The standard InChI is InChI=1S/C16H14F3N5O3/c1-3-26-8-27-13-5-10(16(17,18)19)4-9(2)14(13)11-6-21-12(7-25)15(22-11)23-24-20/h4-7H,3,8H2,1-2H3. The third-order valence-corrected chi connectivity index (χ3v) is 3.42. The third-order valence-electron chi connectivity index (χ3n) is 3.42. The topological polar surface area (TPSA) is 110 Å². The van der Waals surface area contributed by atoms with Crippen molar-refractivity contribution < 1.29 is 27.4 Å². The van der Waals surface area contributed by atoms with Gasteiger partial charge < -0.3 is 9.47 Å². The number of aromatic nitrogens is 2. The Hall–Kier alpha value is -3.17. The Balaban J connectivity index is 2.65. The van der Waals surface area contributed by atoms with Gasteiger partial charge >= 0.3 is 6.18 Å². The number of hydrogen-bond acceptors (Lipinski definition) is 6. The molecule has 2 rings (SSSR count). The fourth-order valence-electron chi connectivity index (χ4n) is 2.26. The Bertz CT molecular complexity index is 896. The Morgan fingerprint density at radius 1 is 1.37 bits per heavy atom. The minimum absolute atomic E-state index is 0.0840. The zero-order chi connectivity index (χ0) is 20.0. The zero-order valence-electron chi connectivity index (χ0n) is 14.3. The summed E-state index contributed by atoms with van der Waals surface area (Å²) in [6.45, 7) is 3.19. The van der Waals surface area contributed by atoms with Crippen LogP contribution in [0.25, 0.3) is 21.7 Å². The van der Waals surface area contributed by atoms with E-state index in [-0.39, 0.29) is 40.9 Å². The van der Waals surface area contributed by atoms with Gasteiger partial charge in [-0.25, -0.2) is 9.97 Å². The summed E-state index contributed by atoms with van der Waals surface area (Å²) in [5.41, 5.74) is 7.99. The van der Waals surface area contributed by atoms with Gasteiger partial charge in [-0.15, -0.1) is 0 Å². The first-order valence-electron chi connectivity index (χ1n) is 7.61. The summed E-state index contributed by atoms with van der Waals surface area (Å²) in [7, 11) is 0. The molecule has 0 saturated carbocycles. The number of carbonyl (C=O) groups excluding carboxylic acids is 1. The molecular weight excluding hydrogens is 367 g/mol. The average Bonchev–Trinajstić information content (AvgIpc) is 2.61. The van der Waals surface area contributed by atoms with E-state index in [2.05, 4.69) is 20.0 Å². The van der Waals surface area contributed by atoms with Crippen LogP contribution in [0.15, 0.2) is 23.4 Å². The van der Waals surface area contributed by atoms with Crippen molar-refractivity contribution in [2.75, 3.05) is 13.4 Å². The maximum Gasteiger partial charge on any atom is 0.416 e. The van der Waals surface area contributed by atoms with Crippen LogP contribution in [0.2, 0.25) is 0 Å². The van der Waals surface area contributed by atoms with Crippen LogP contribution in [0.5, 0.6) is 5.75 Å². The summed E-state index contributed by atoms with van der Waals surface area (Å²) in [6.07, 6.45) is -3.04. The molecule has 0 saturated heterocycles. The fraction of sp³-hybridized carbons (Fsp3) is 0.312. The van der Waals surface area contributed by atoms with Crippen molar-refractivity contribution in [3.63, 3.8) is 0 Å². The second-order valence-corrected chi connectivity index (χ2v) is 5.19. The molecule has 27 heavy (non-hydrogen) atoms. The molecular formula is C16H14F3N5O3. The van der Waals surface area contributed by atoms with Crippen LogP contribution in [0.1, 0.15) is 28.5 Å². The van der Waals surface area contributed by atoms with E-state index < -0.39 is 11.7 Å². The van der Waals surface area contributed by atoms with Gasteiger partial charge in [-0.1, -0.05) is 0 Å². The molecule has 0 aliphatic heterocycles. The molecule has 1 aromatic carbocycles. The van der Waals surface area contributed by atoms with Gasteiger partial charge in [0.1, 0.15) is 11.4 Å². The van der Waals surface area contributed by atoms with Gasteiger partial charge in [-0.2, -0.15) is 13.2 Å². The predicted molar refractivity (Wildman–Crippen MR) is 88.5 cm³/mol. The molecule has 0 amide bonds. The molecule has 1 aromatic heterocycles. The largest absolute Gasteiger partial charge is 0.467 e. The second kappa shape index (κ2) is 8.47. The molecule has 8 nitrogen and oxygen atoms in total. The highest BCUT2D eigenvalue weighted by Gasteiger charge is 2.32. The van der Waals surface area contributed by atoms with E-state index in [9.17, 15) is 18.0 Å². The predicted octanol–water partition coefficient (Wildman–Crippen LogP) is 4.60. The Labute approximate surface area is 151 Å². The maximum absolute atomic E-state index is 13.1. The smallest absolute Gasteiger partial charge is 0.416 e. The fourth-order valence-corrected chi connectivity index (χ4v) is 2.26. The van der Waals surface area contributed by atoms with Crippen LogP contribution in [0.3, 0.4) is 0 Å². The van der Waals surface area contributed by atoms with Gasteiger partial charge in [-0.3, -0.25) is 4.79 Å². The van der Waals surface area contributed by atoms with Crippen molar-refractivity contribution in [3.05, 3.63) is 45.6 Å². The van der Waals surface area contributed by atoms with Crippen LogP contribution in [0, 0.1) is 6.92 Å². The van der Waals surface area contributed by atoms with Gasteiger partial charge in [0.2, 0.25) is 0 Å². The van der Waals surface area contributed by atoms with E-state index in [1.807, 2.05) is 0 Å². The van der Waals surface area contributed by atoms with Crippen LogP contribution >= 0.6 is 0 Å². The van der Waals surface area contributed by atoms with Crippen LogP contribution in [-0.4, -0.2) is 29.7 Å². The normalized spacial score (nSPS) is 11.0. The number of carbonyl (C=O) groups is 1. The SMILES string of the molecule is CCOCOc1cc(C(F)(F)F)cc(C)c1-c1cnc(C=O)c(N=[N+]=[N-])n1. The molecule has 0 aliphatic rings. The van der Waals surface area contributed by atoms with Crippen molar-refractivity contribution >= 4 is 12.1 Å². The number of azide groups is 1. The minimum atomic E-state index is -4.57. The highest BCUT2D eigenvalue weighted by Crippen LogP contribution is 2.39. The third kappa shape index (κ3) is 4.72. The molecule has 0 bridgehead atoms. The van der Waals surface area contributed by atoms with Crippen LogP contribution in [-0.2, 0) is 10.9 Å². The lowest BCUT2D eigenvalue weighted by Gasteiger charge is -2.17. The number of ether oxygens (including phenoxy) is 2. The van der Waals surface area contributed by atoms with Gasteiger partial charge in [0.05, 0.1) is 17.5 Å². The lowest BCUT2D eigenvalue weighted by Crippen LogP contribution is -2.09. The maximum atomic E-state index is 13.1. The number of aldehydes is 1. The molecule has 0 spiro atoms. The van der Waals surface area contributed by atoms with E-state index in [1.54, 1.807) is 6.92 Å². The number of alkyl halides is 3. The molecule has 2 aromatic rings. The van der Waals surface area contributed by atoms with Gasteiger partial charge in [0.25, 0.3) is 0 Å². The molecule has 0 fully saturated rings. The van der Waals surface area contributed by atoms with Gasteiger partial charge in [-0.05, 0) is 42.2 Å². The number of hydrogen-bond donors (Lipinski definition) is 0. The van der Waals surface area contributed by atoms with E-state index >= 15 is 0 Å². The number of aryl methyl sites for hydroxylation is 1. The molecule has 0 unspecified atom stereocenters. The number of nitrogens with zero attached hydrogens (tertiary/aromatic N) is 5. The highest BCUT2D eigenvalue weighted by molar-refractivity contribution is 5.80. The Morgan fingerprint density at radius 3 is 2.70 bits per heavy atom. The summed E-state index contributed by atoms with van der Waals surface area (Å²) >= 11 is 0. The Kier molecular flexibility index (Phi) is 6.32. The lowest BCUT2D eigenvalue weighted by molar-refractivity contribution is -0.137. The van der Waals surface area contributed by atoms with Crippen molar-refractivity contribution in [1.29, 1.82) is 0 Å². The first-order valence-corrected chi connectivity index (χ1v) is 7.61. The zero-order valence-corrected chi connectivity index (χ0v) is 14.3. The highest BCUT2D eigenvalue weighted by atomic mass is 19.4. The summed E-state index contributed by atoms with van der Waals surface area (Å²) in [4.78, 5) is 21.4. The van der Waals surface area contributed by atoms with E-state index in [0.717, 1.165) is 12.1 Å². The average molecular weight is 381 g/mol. The first kappa shape index (κ1) is 20.1. The molecule has 142 valence electrons. The van der Waals surface area contributed by atoms with Crippen molar-refractivity contribution in [2.45, 2.75) is 20.0 Å². The first-order chi connectivity index (χ1) is 12.8. The molecule has 0 radical (unpaired) electrons. The van der Waals surface area contributed by atoms with Crippen molar-refractivity contribution in [3.8, 4) is 17.0 Å². The second-order valence-electron chi connectivity index (χ2n) is 5.19. The molecule has 0 aliphatic carbocycles. The molecule has 11 heteroatoms. The number of rotatable bonds is 7. The van der Waals surface area contributed by atoms with Gasteiger partial charge in [0.15, 0.2) is 18.9 Å². The molecule has 0 N–H and O–H groups in total. The van der Waals surface area contributed by atoms with E-state index in [0.29, 0.717) is 12.9 Å². The van der Waals surface area contributed by atoms with Crippen molar-refractivity contribution in [2.24, 2.45) is 5.11 Å². The lowest BCUT2D eigenvalue weighted by atomic mass is 10.0. The number of halogens is 3. The van der Waals surface area contributed by atoms with E-state index in [4.69, 9.17) is 15.0 Å². The Morgan fingerprint density at radius 2 is 2.11 bits per heavy atom. The van der Waals surface area contributed by atoms with Gasteiger partial charge in [0, 0.05) is 17.1 Å². The van der Waals surface area contributed by atoms with Crippen LogP contribution < -0.4 is 4.74 Å². The summed E-state index contributed by atoms with van der Waals surface area (Å²) in [6, 6.07) is 1.76. The van der Waals surface area contributed by atoms with Crippen LogP contribution in [0.4, 0.5) is 19.0 Å². The summed E-state index contributed by atoms with van der Waals surface area (Å²) in [5.74, 6) is -0.420. The van der Waals surface area contributed by atoms with Crippen molar-refractivity contribution in [1.82, 2.24) is 9.97 Å². The molecule has 1 heterocycles. The number of benzene rings is 1. The molecule has 0 atom stereocenters. The quantitative estimate of drug-likeness (QED) is 0.174. The summed E-state index contributed by atoms with van der Waals surface area (Å²) < 4.78 is 49.8. The minimum Gasteiger partial charge on any atom is -0.467 e. The summed E-state index contributed by atoms with van der Waals surface area (Å²) in [5, 5.41) is 3.29.